The quantitative estimate of drug-likeness (QED) is 0.696. The minimum Gasteiger partial charge on any atom is -0.362 e. The van der Waals surface area contributed by atoms with E-state index in [1.54, 1.807) is 12.3 Å². The number of hydrogen-bond donors (Lipinski definition) is 2. The number of carbonyl (C=O) groups is 1. The van der Waals surface area contributed by atoms with Crippen LogP contribution in [-0.2, 0) is 0 Å². The van der Waals surface area contributed by atoms with Crippen molar-refractivity contribution in [1.82, 2.24) is 20.3 Å². The maximum atomic E-state index is 12.3. The Morgan fingerprint density at radius 2 is 1.69 bits per heavy atom. The van der Waals surface area contributed by atoms with E-state index in [4.69, 9.17) is 9.97 Å². The third kappa shape index (κ3) is 4.45. The number of rotatable bonds is 5. The van der Waals surface area contributed by atoms with Crippen LogP contribution in [0.25, 0.3) is 10.9 Å². The van der Waals surface area contributed by atoms with Gasteiger partial charge >= 0.3 is 0 Å². The molecule has 2 N–H and O–H groups in total. The number of amides is 1. The van der Waals surface area contributed by atoms with Crippen molar-refractivity contribution in [3.05, 3.63) is 54.4 Å². The Morgan fingerprint density at radius 3 is 2.41 bits per heavy atom. The third-order valence-electron chi connectivity index (χ3n) is 5.30. The highest BCUT2D eigenvalue weighted by Crippen LogP contribution is 2.26. The van der Waals surface area contributed by atoms with Crippen LogP contribution < -0.4 is 15.5 Å². The van der Waals surface area contributed by atoms with Gasteiger partial charge < -0.3 is 15.5 Å². The summed E-state index contributed by atoms with van der Waals surface area (Å²) in [7, 11) is 3.99. The monoisotopic (exact) mass is 390 g/mol. The number of aromatic nitrogens is 3. The number of para-hydroxylation sites is 1. The molecule has 0 saturated heterocycles. The van der Waals surface area contributed by atoms with E-state index < -0.39 is 0 Å². The summed E-state index contributed by atoms with van der Waals surface area (Å²) in [5, 5.41) is 7.65. The Bertz CT molecular complexity index is 983. The SMILES string of the molecule is CN(C)c1nc(N[C@H]2CC[C@@H](NC(=O)c3ccccn3)CC2)nc2ccccc12. The predicted octanol–water partition coefficient (Wildman–Crippen LogP) is 3.24. The molecule has 1 fully saturated rings. The maximum absolute atomic E-state index is 12.3. The summed E-state index contributed by atoms with van der Waals surface area (Å²) in [6.45, 7) is 0. The minimum absolute atomic E-state index is 0.101. The van der Waals surface area contributed by atoms with Crippen molar-refractivity contribution in [1.29, 1.82) is 0 Å². The fourth-order valence-corrected chi connectivity index (χ4v) is 3.79. The zero-order valence-corrected chi connectivity index (χ0v) is 16.8. The van der Waals surface area contributed by atoms with Gasteiger partial charge in [0.1, 0.15) is 11.5 Å². The number of pyridine rings is 1. The molecule has 29 heavy (non-hydrogen) atoms. The molecule has 4 rings (SSSR count). The van der Waals surface area contributed by atoms with Gasteiger partial charge in [-0.3, -0.25) is 9.78 Å². The molecule has 0 atom stereocenters. The van der Waals surface area contributed by atoms with Gasteiger partial charge in [-0.1, -0.05) is 18.2 Å². The Labute approximate surface area is 170 Å². The van der Waals surface area contributed by atoms with E-state index in [0.717, 1.165) is 42.4 Å². The number of benzene rings is 1. The van der Waals surface area contributed by atoms with Gasteiger partial charge in [-0.25, -0.2) is 4.98 Å². The van der Waals surface area contributed by atoms with Crippen LogP contribution in [0.5, 0.6) is 0 Å². The summed E-state index contributed by atoms with van der Waals surface area (Å²) in [5.41, 5.74) is 1.40. The zero-order valence-electron chi connectivity index (χ0n) is 16.8. The highest BCUT2D eigenvalue weighted by Gasteiger charge is 2.24. The maximum Gasteiger partial charge on any atom is 0.270 e. The molecule has 2 heterocycles. The van der Waals surface area contributed by atoms with E-state index in [1.165, 1.54) is 0 Å². The molecular weight excluding hydrogens is 364 g/mol. The average molecular weight is 390 g/mol. The fraction of sp³-hybridized carbons (Fsp3) is 0.364. The zero-order chi connectivity index (χ0) is 20.2. The molecule has 150 valence electrons. The first kappa shape index (κ1) is 19.1. The predicted molar refractivity (Wildman–Crippen MR) is 115 cm³/mol. The van der Waals surface area contributed by atoms with Gasteiger partial charge in [0.05, 0.1) is 5.52 Å². The van der Waals surface area contributed by atoms with Crippen molar-refractivity contribution >= 4 is 28.6 Å². The highest BCUT2D eigenvalue weighted by atomic mass is 16.1. The second-order valence-corrected chi connectivity index (χ2v) is 7.66. The Kier molecular flexibility index (Phi) is 5.55. The van der Waals surface area contributed by atoms with Crippen molar-refractivity contribution in [2.75, 3.05) is 24.3 Å². The van der Waals surface area contributed by atoms with E-state index in [-0.39, 0.29) is 11.9 Å². The number of nitrogens with zero attached hydrogens (tertiary/aromatic N) is 4. The first-order chi connectivity index (χ1) is 14.1. The Morgan fingerprint density at radius 1 is 0.966 bits per heavy atom. The van der Waals surface area contributed by atoms with E-state index in [2.05, 4.69) is 15.6 Å². The average Bonchev–Trinajstić information content (AvgIpc) is 2.75. The molecular formula is C22H26N6O. The van der Waals surface area contributed by atoms with Crippen LogP contribution in [0, 0.1) is 0 Å². The van der Waals surface area contributed by atoms with Gasteiger partial charge in [0, 0.05) is 37.8 Å². The van der Waals surface area contributed by atoms with E-state index in [1.807, 2.05) is 55.4 Å². The van der Waals surface area contributed by atoms with Crippen LogP contribution in [0.4, 0.5) is 11.8 Å². The van der Waals surface area contributed by atoms with Crippen molar-refractivity contribution in [2.45, 2.75) is 37.8 Å². The van der Waals surface area contributed by atoms with Crippen LogP contribution in [-0.4, -0.2) is 47.0 Å². The molecule has 7 nitrogen and oxygen atoms in total. The van der Waals surface area contributed by atoms with Gasteiger partial charge in [-0.05, 0) is 49.9 Å². The molecule has 1 aliphatic rings. The lowest BCUT2D eigenvalue weighted by Crippen LogP contribution is -2.40. The lowest BCUT2D eigenvalue weighted by atomic mass is 9.91. The number of hydrogen-bond acceptors (Lipinski definition) is 6. The van der Waals surface area contributed by atoms with Crippen molar-refractivity contribution in [3.63, 3.8) is 0 Å². The first-order valence-corrected chi connectivity index (χ1v) is 10.0. The standard InChI is InChI=1S/C22H26N6O/c1-28(2)20-17-7-3-4-8-18(17)26-22(27-20)25-16-12-10-15(11-13-16)24-21(29)19-9-5-6-14-23-19/h3-9,14-16H,10-13H2,1-2H3,(H,24,29)(H,25,26,27)/t15-,16+. The van der Waals surface area contributed by atoms with Gasteiger partial charge in [0.2, 0.25) is 5.95 Å². The summed E-state index contributed by atoms with van der Waals surface area (Å²) in [4.78, 5) is 27.8. The summed E-state index contributed by atoms with van der Waals surface area (Å²) in [6.07, 6.45) is 5.40. The lowest BCUT2D eigenvalue weighted by molar-refractivity contribution is 0.0921. The molecule has 7 heteroatoms. The topological polar surface area (TPSA) is 83.0 Å². The second kappa shape index (κ2) is 8.43. The number of nitrogens with one attached hydrogen (secondary N) is 2. The molecule has 0 spiro atoms. The normalized spacial score (nSPS) is 19.0. The van der Waals surface area contributed by atoms with Crippen LogP contribution >= 0.6 is 0 Å². The molecule has 1 saturated carbocycles. The molecule has 1 aromatic carbocycles. The molecule has 0 bridgehead atoms. The molecule has 0 radical (unpaired) electrons. The Hall–Kier alpha value is -3.22. The molecule has 0 unspecified atom stereocenters. The van der Waals surface area contributed by atoms with Gasteiger partial charge in [-0.2, -0.15) is 4.98 Å². The number of fused-ring (bicyclic) bond motifs is 1. The number of anilines is 2. The minimum atomic E-state index is -0.101. The molecule has 1 aliphatic carbocycles. The van der Waals surface area contributed by atoms with Gasteiger partial charge in [0.15, 0.2) is 0 Å². The smallest absolute Gasteiger partial charge is 0.270 e. The summed E-state index contributed by atoms with van der Waals surface area (Å²) >= 11 is 0. The molecule has 1 amide bonds. The van der Waals surface area contributed by atoms with Crippen molar-refractivity contribution in [2.24, 2.45) is 0 Å². The molecule has 3 aromatic rings. The van der Waals surface area contributed by atoms with Gasteiger partial charge in [-0.15, -0.1) is 0 Å². The third-order valence-corrected chi connectivity index (χ3v) is 5.30. The first-order valence-electron chi connectivity index (χ1n) is 10.0. The van der Waals surface area contributed by atoms with Crippen LogP contribution in [0.1, 0.15) is 36.2 Å². The fourth-order valence-electron chi connectivity index (χ4n) is 3.79. The largest absolute Gasteiger partial charge is 0.362 e. The molecule has 0 aliphatic heterocycles. The number of carbonyl (C=O) groups excluding carboxylic acids is 1. The van der Waals surface area contributed by atoms with Crippen LogP contribution in [0.2, 0.25) is 0 Å². The van der Waals surface area contributed by atoms with E-state index >= 15 is 0 Å². The summed E-state index contributed by atoms with van der Waals surface area (Å²) in [6, 6.07) is 13.9. The van der Waals surface area contributed by atoms with Crippen molar-refractivity contribution < 1.29 is 4.79 Å². The summed E-state index contributed by atoms with van der Waals surface area (Å²) < 4.78 is 0. The lowest BCUT2D eigenvalue weighted by Gasteiger charge is -2.30. The van der Waals surface area contributed by atoms with Crippen LogP contribution in [0.3, 0.4) is 0 Å². The van der Waals surface area contributed by atoms with Crippen LogP contribution in [0.15, 0.2) is 48.7 Å². The Balaban J connectivity index is 1.38. The second-order valence-electron chi connectivity index (χ2n) is 7.66. The van der Waals surface area contributed by atoms with E-state index in [0.29, 0.717) is 17.7 Å². The summed E-state index contributed by atoms with van der Waals surface area (Å²) in [5.74, 6) is 1.47. The van der Waals surface area contributed by atoms with E-state index in [9.17, 15) is 4.79 Å². The molecule has 2 aromatic heterocycles. The highest BCUT2D eigenvalue weighted by molar-refractivity contribution is 5.92. The van der Waals surface area contributed by atoms with Crippen molar-refractivity contribution in [3.8, 4) is 0 Å². The van der Waals surface area contributed by atoms with Gasteiger partial charge in [0.25, 0.3) is 5.91 Å².